The average Bonchev–Trinajstić information content (AvgIpc) is 1.93. The molecular weight excluding hydrogens is 146 g/mol. The first-order valence-corrected chi connectivity index (χ1v) is 3.03. The summed E-state index contributed by atoms with van der Waals surface area (Å²) >= 11 is 0. The van der Waals surface area contributed by atoms with Crippen molar-refractivity contribution in [2.24, 2.45) is 0 Å². The van der Waals surface area contributed by atoms with Crippen LogP contribution in [0.25, 0.3) is 5.53 Å². The van der Waals surface area contributed by atoms with E-state index >= 15 is 0 Å². The molecule has 0 atom stereocenters. The highest BCUT2D eigenvalue weighted by Gasteiger charge is 1.92. The summed E-state index contributed by atoms with van der Waals surface area (Å²) in [5, 5.41) is 9.13. The maximum absolute atomic E-state index is 9.87. The highest BCUT2D eigenvalue weighted by Crippen LogP contribution is 1.90. The fourth-order valence-corrected chi connectivity index (χ4v) is 0.637. The summed E-state index contributed by atoms with van der Waals surface area (Å²) in [6, 6.07) is 3.49. The van der Waals surface area contributed by atoms with Gasteiger partial charge in [0.05, 0.1) is 0 Å². The predicted octanol–water partition coefficient (Wildman–Crippen LogP) is 0.611. The van der Waals surface area contributed by atoms with Crippen LogP contribution in [0.1, 0.15) is 5.56 Å². The zero-order valence-electron chi connectivity index (χ0n) is 5.97. The molecule has 5 nitrogen and oxygen atoms in total. The number of hydrogen-bond donors (Lipinski definition) is 0. The molecule has 5 heteroatoms. The summed E-state index contributed by atoms with van der Waals surface area (Å²) in [5.41, 5.74) is 4.08. The van der Waals surface area contributed by atoms with Gasteiger partial charge in [0.15, 0.2) is 12.4 Å². The minimum Gasteiger partial charge on any atom is -0.264 e. The summed E-state index contributed by atoms with van der Waals surface area (Å²) in [7, 11) is 0. The third kappa shape index (κ3) is 2.21. The van der Waals surface area contributed by atoms with Crippen LogP contribution in [0.5, 0.6) is 0 Å². The molecule has 1 heterocycles. The largest absolute Gasteiger partial charge is 0.264 e. The number of hydrogen-bond acceptors (Lipinski definition) is 2. The van der Waals surface area contributed by atoms with E-state index in [1.54, 1.807) is 12.1 Å². The van der Waals surface area contributed by atoms with Crippen molar-refractivity contribution in [2.45, 2.75) is 6.92 Å². The highest BCUT2D eigenvalue weighted by molar-refractivity contribution is 5.03. The lowest BCUT2D eigenvalue weighted by Crippen LogP contribution is -2.30. The van der Waals surface area contributed by atoms with Gasteiger partial charge in [-0.3, -0.25) is 10.1 Å². The van der Waals surface area contributed by atoms with Gasteiger partial charge in [-0.2, -0.15) is 4.68 Å². The summed E-state index contributed by atoms with van der Waals surface area (Å²) < 4.78 is 1.15. The molecule has 0 radical (unpaired) electrons. The van der Waals surface area contributed by atoms with Gasteiger partial charge in [-0.25, -0.2) is 0 Å². The molecule has 0 N–H and O–H groups in total. The monoisotopic (exact) mass is 153 g/mol. The topological polar surface area (TPSA) is 61.1 Å². The van der Waals surface area contributed by atoms with Gasteiger partial charge in [0, 0.05) is 17.2 Å². The van der Waals surface area contributed by atoms with Crippen LogP contribution in [0.3, 0.4) is 0 Å². The fourth-order valence-electron chi connectivity index (χ4n) is 0.637. The molecule has 0 amide bonds. The van der Waals surface area contributed by atoms with Gasteiger partial charge in [0.1, 0.15) is 0 Å². The van der Waals surface area contributed by atoms with E-state index < -0.39 is 5.03 Å². The van der Waals surface area contributed by atoms with Crippen LogP contribution in [0.2, 0.25) is 0 Å². The van der Waals surface area contributed by atoms with E-state index in [0.29, 0.717) is 0 Å². The Morgan fingerprint density at radius 3 is 2.55 bits per heavy atom. The molecule has 58 valence electrons. The Labute approximate surface area is 63.4 Å². The summed E-state index contributed by atoms with van der Waals surface area (Å²) in [4.78, 5) is 9.87. The molecule has 0 aliphatic rings. The number of nitro groups is 1. The van der Waals surface area contributed by atoms with Crippen molar-refractivity contribution >= 4 is 0 Å². The van der Waals surface area contributed by atoms with E-state index in [-0.39, 0.29) is 0 Å². The van der Waals surface area contributed by atoms with E-state index in [0.717, 1.165) is 10.2 Å². The Balaban J connectivity index is 2.74. The van der Waals surface area contributed by atoms with E-state index in [1.807, 2.05) is 6.92 Å². The third-order valence-electron chi connectivity index (χ3n) is 1.16. The van der Waals surface area contributed by atoms with Crippen molar-refractivity contribution < 1.29 is 9.71 Å². The summed E-state index contributed by atoms with van der Waals surface area (Å²) in [6.07, 6.45) is 3.05. The normalized spacial score (nSPS) is 9.18. The lowest BCUT2D eigenvalue weighted by atomic mass is 10.3. The molecule has 0 aromatic carbocycles. The van der Waals surface area contributed by atoms with E-state index in [4.69, 9.17) is 0 Å². The number of nitrogens with zero attached hydrogens (tertiary/aromatic N) is 3. The molecule has 1 rings (SSSR count). The van der Waals surface area contributed by atoms with Crippen LogP contribution < -0.4 is 4.68 Å². The molecule has 0 aliphatic heterocycles. The second kappa shape index (κ2) is 2.96. The maximum atomic E-state index is 9.87. The minimum atomic E-state index is -0.741. The molecule has 1 aromatic heterocycles. The molecule has 0 fully saturated rings. The molecular formula is C6H7N3O2. The zero-order valence-corrected chi connectivity index (χ0v) is 5.97. The lowest BCUT2D eigenvalue weighted by Gasteiger charge is -2.00. The highest BCUT2D eigenvalue weighted by atomic mass is 16.7. The van der Waals surface area contributed by atoms with Crippen LogP contribution in [-0.4, -0.2) is 5.03 Å². The van der Waals surface area contributed by atoms with Crippen LogP contribution in [-0.2, 0) is 0 Å². The smallest absolute Gasteiger partial charge is 0.169 e. The lowest BCUT2D eigenvalue weighted by molar-refractivity contribution is -0.737. The van der Waals surface area contributed by atoms with Gasteiger partial charge >= 0.3 is 0 Å². The van der Waals surface area contributed by atoms with E-state index in [1.165, 1.54) is 12.4 Å². The fraction of sp³-hybridized carbons (Fsp3) is 0.167. The van der Waals surface area contributed by atoms with Crippen molar-refractivity contribution in [3.05, 3.63) is 45.7 Å². The Hall–Kier alpha value is -1.65. The first kappa shape index (κ1) is 7.46. The molecule has 0 bridgehead atoms. The molecule has 0 spiro atoms. The van der Waals surface area contributed by atoms with Gasteiger partial charge in [-0.15, -0.1) is 0 Å². The van der Waals surface area contributed by atoms with Crippen LogP contribution >= 0.6 is 0 Å². The molecule has 0 aliphatic carbocycles. The zero-order chi connectivity index (χ0) is 8.27. The Morgan fingerprint density at radius 2 is 2.09 bits per heavy atom. The van der Waals surface area contributed by atoms with Crippen molar-refractivity contribution in [1.82, 2.24) is 0 Å². The van der Waals surface area contributed by atoms with Crippen molar-refractivity contribution in [3.8, 4) is 0 Å². The predicted molar refractivity (Wildman–Crippen MR) is 37.1 cm³/mol. The Kier molecular flexibility index (Phi) is 2.00. The van der Waals surface area contributed by atoms with Gasteiger partial charge in [-0.05, 0) is 12.5 Å². The van der Waals surface area contributed by atoms with Gasteiger partial charge in [0.2, 0.25) is 0 Å². The minimum absolute atomic E-state index is 0.741. The van der Waals surface area contributed by atoms with Crippen LogP contribution in [0.15, 0.2) is 24.5 Å². The van der Waals surface area contributed by atoms with E-state index in [2.05, 4.69) is 5.53 Å². The molecule has 0 unspecified atom stereocenters. The van der Waals surface area contributed by atoms with Gasteiger partial charge in [-0.1, -0.05) is 5.53 Å². The second-order valence-electron chi connectivity index (χ2n) is 2.08. The standard InChI is InChI=1S/C6H7N3O2/c1-6-2-4-8(5-3-6)7-9(10)11/h2-5H,1H3. The van der Waals surface area contributed by atoms with Crippen molar-refractivity contribution in [1.29, 1.82) is 0 Å². The molecule has 0 saturated carbocycles. The first-order valence-electron chi connectivity index (χ1n) is 3.03. The molecule has 11 heavy (non-hydrogen) atoms. The quantitative estimate of drug-likeness (QED) is 0.355. The Bertz CT molecular complexity index is 257. The number of rotatable bonds is 2. The maximum Gasteiger partial charge on any atom is 0.169 e. The Morgan fingerprint density at radius 1 is 1.55 bits per heavy atom. The average molecular weight is 153 g/mol. The number of aromatic nitrogens is 1. The van der Waals surface area contributed by atoms with Crippen molar-refractivity contribution in [3.63, 3.8) is 0 Å². The van der Waals surface area contributed by atoms with Gasteiger partial charge < -0.3 is 0 Å². The number of aryl methyl sites for hydroxylation is 1. The van der Waals surface area contributed by atoms with Crippen LogP contribution in [0.4, 0.5) is 0 Å². The summed E-state index contributed by atoms with van der Waals surface area (Å²) in [5.74, 6) is 0. The molecule has 1 aromatic rings. The summed E-state index contributed by atoms with van der Waals surface area (Å²) in [6.45, 7) is 1.90. The SMILES string of the molecule is Cc1cc[n+]([N-][N+](=O)[O-])cc1. The molecule has 0 saturated heterocycles. The van der Waals surface area contributed by atoms with Gasteiger partial charge in [0.25, 0.3) is 0 Å². The number of pyridine rings is 1. The third-order valence-corrected chi connectivity index (χ3v) is 1.16. The first-order chi connectivity index (χ1) is 5.18. The van der Waals surface area contributed by atoms with Crippen LogP contribution in [0, 0.1) is 17.0 Å². The van der Waals surface area contributed by atoms with E-state index in [9.17, 15) is 10.1 Å². The van der Waals surface area contributed by atoms with Crippen molar-refractivity contribution in [2.75, 3.05) is 0 Å². The second-order valence-corrected chi connectivity index (χ2v) is 2.08.